The van der Waals surface area contributed by atoms with Gasteiger partial charge in [-0.05, 0) is 20.8 Å². The topological polar surface area (TPSA) is 21.3 Å². The summed E-state index contributed by atoms with van der Waals surface area (Å²) in [5, 5.41) is 3.30. The van der Waals surface area contributed by atoms with Crippen LogP contribution in [0.1, 0.15) is 20.8 Å². The third kappa shape index (κ3) is 1.95. The van der Waals surface area contributed by atoms with Crippen LogP contribution in [0.3, 0.4) is 0 Å². The van der Waals surface area contributed by atoms with E-state index in [2.05, 4.69) is 26.1 Å². The molecular weight excluding hydrogens is 114 g/mol. The summed E-state index contributed by atoms with van der Waals surface area (Å²) in [5.41, 5.74) is 0.0394. The van der Waals surface area contributed by atoms with Crippen LogP contribution in [0.2, 0.25) is 0 Å². The minimum absolute atomic E-state index is 0.0394. The molecule has 0 radical (unpaired) electrons. The Hall–Kier alpha value is -0.0800. The molecule has 1 heterocycles. The van der Waals surface area contributed by atoms with Gasteiger partial charge < -0.3 is 10.1 Å². The minimum atomic E-state index is 0.0394. The SMILES string of the molecule is C[C@H]1CNCC(C)(C)O1. The van der Waals surface area contributed by atoms with Crippen molar-refractivity contribution >= 4 is 0 Å². The highest BCUT2D eigenvalue weighted by molar-refractivity contribution is 4.78. The van der Waals surface area contributed by atoms with Crippen LogP contribution >= 0.6 is 0 Å². The molecule has 0 bridgehead atoms. The molecule has 1 atom stereocenters. The second-order valence-electron chi connectivity index (χ2n) is 3.32. The van der Waals surface area contributed by atoms with Crippen molar-refractivity contribution in [3.05, 3.63) is 0 Å². The smallest absolute Gasteiger partial charge is 0.0754 e. The number of hydrogen-bond acceptors (Lipinski definition) is 2. The van der Waals surface area contributed by atoms with Crippen molar-refractivity contribution in [2.75, 3.05) is 13.1 Å². The molecule has 0 unspecified atom stereocenters. The van der Waals surface area contributed by atoms with Crippen molar-refractivity contribution in [1.29, 1.82) is 0 Å². The van der Waals surface area contributed by atoms with Crippen molar-refractivity contribution in [3.63, 3.8) is 0 Å². The molecular formula is C7H15NO. The highest BCUT2D eigenvalue weighted by atomic mass is 16.5. The molecule has 1 saturated heterocycles. The average Bonchev–Trinajstić information content (AvgIpc) is 1.60. The Kier molecular flexibility index (Phi) is 1.78. The molecule has 0 spiro atoms. The molecule has 0 aromatic heterocycles. The molecule has 0 aromatic carbocycles. The molecule has 2 nitrogen and oxygen atoms in total. The Morgan fingerprint density at radius 2 is 2.22 bits per heavy atom. The summed E-state index contributed by atoms with van der Waals surface area (Å²) in [6.45, 7) is 8.26. The third-order valence-corrected chi connectivity index (χ3v) is 1.50. The number of nitrogens with one attached hydrogen (secondary N) is 1. The average molecular weight is 129 g/mol. The van der Waals surface area contributed by atoms with E-state index in [0.717, 1.165) is 13.1 Å². The zero-order chi connectivity index (χ0) is 6.91. The Morgan fingerprint density at radius 3 is 2.56 bits per heavy atom. The minimum Gasteiger partial charge on any atom is -0.370 e. The van der Waals surface area contributed by atoms with E-state index < -0.39 is 0 Å². The van der Waals surface area contributed by atoms with Gasteiger partial charge in [-0.2, -0.15) is 0 Å². The van der Waals surface area contributed by atoms with Crippen molar-refractivity contribution in [3.8, 4) is 0 Å². The van der Waals surface area contributed by atoms with Gasteiger partial charge in [-0.15, -0.1) is 0 Å². The first-order chi connectivity index (χ1) is 4.10. The normalized spacial score (nSPS) is 34.3. The van der Waals surface area contributed by atoms with E-state index in [1.807, 2.05) is 0 Å². The first-order valence-corrected chi connectivity index (χ1v) is 3.49. The molecule has 0 amide bonds. The number of morpholine rings is 1. The van der Waals surface area contributed by atoms with Gasteiger partial charge in [0.25, 0.3) is 0 Å². The molecule has 1 N–H and O–H groups in total. The van der Waals surface area contributed by atoms with Gasteiger partial charge in [0.05, 0.1) is 11.7 Å². The Labute approximate surface area is 56.6 Å². The van der Waals surface area contributed by atoms with Crippen LogP contribution < -0.4 is 5.32 Å². The van der Waals surface area contributed by atoms with Gasteiger partial charge in [0.15, 0.2) is 0 Å². The van der Waals surface area contributed by atoms with Crippen molar-refractivity contribution in [2.45, 2.75) is 32.5 Å². The number of ether oxygens (including phenoxy) is 1. The van der Waals surface area contributed by atoms with Crippen LogP contribution in [0.4, 0.5) is 0 Å². The first-order valence-electron chi connectivity index (χ1n) is 3.49. The summed E-state index contributed by atoms with van der Waals surface area (Å²) in [6.07, 6.45) is 0.369. The fourth-order valence-corrected chi connectivity index (χ4v) is 1.20. The summed E-state index contributed by atoms with van der Waals surface area (Å²) in [6, 6.07) is 0. The van der Waals surface area contributed by atoms with E-state index in [1.54, 1.807) is 0 Å². The van der Waals surface area contributed by atoms with Gasteiger partial charge in [0, 0.05) is 13.1 Å². The zero-order valence-electron chi connectivity index (χ0n) is 6.40. The Balaban J connectivity index is 2.41. The summed E-state index contributed by atoms with van der Waals surface area (Å²) in [5.74, 6) is 0. The lowest BCUT2D eigenvalue weighted by Crippen LogP contribution is -2.49. The molecule has 0 aliphatic carbocycles. The quantitative estimate of drug-likeness (QED) is 0.521. The molecule has 9 heavy (non-hydrogen) atoms. The summed E-state index contributed by atoms with van der Waals surface area (Å²) < 4.78 is 5.61. The lowest BCUT2D eigenvalue weighted by atomic mass is 10.1. The largest absolute Gasteiger partial charge is 0.370 e. The highest BCUT2D eigenvalue weighted by Crippen LogP contribution is 2.13. The summed E-state index contributed by atoms with van der Waals surface area (Å²) in [7, 11) is 0. The van der Waals surface area contributed by atoms with Gasteiger partial charge in [0.2, 0.25) is 0 Å². The van der Waals surface area contributed by atoms with E-state index in [4.69, 9.17) is 4.74 Å². The van der Waals surface area contributed by atoms with Crippen LogP contribution in [0.25, 0.3) is 0 Å². The maximum absolute atomic E-state index is 5.61. The third-order valence-electron chi connectivity index (χ3n) is 1.50. The molecule has 0 saturated carbocycles. The molecule has 2 heteroatoms. The fourth-order valence-electron chi connectivity index (χ4n) is 1.20. The Bertz CT molecular complexity index is 101. The van der Waals surface area contributed by atoms with Gasteiger partial charge >= 0.3 is 0 Å². The van der Waals surface area contributed by atoms with E-state index in [0.29, 0.717) is 6.10 Å². The van der Waals surface area contributed by atoms with Crippen LogP contribution in [0.15, 0.2) is 0 Å². The molecule has 54 valence electrons. The molecule has 1 rings (SSSR count). The zero-order valence-corrected chi connectivity index (χ0v) is 6.40. The summed E-state index contributed by atoms with van der Waals surface area (Å²) in [4.78, 5) is 0. The van der Waals surface area contributed by atoms with Crippen molar-refractivity contribution in [1.82, 2.24) is 5.32 Å². The summed E-state index contributed by atoms with van der Waals surface area (Å²) >= 11 is 0. The second-order valence-corrected chi connectivity index (χ2v) is 3.32. The van der Waals surface area contributed by atoms with Crippen molar-refractivity contribution < 1.29 is 4.74 Å². The van der Waals surface area contributed by atoms with Gasteiger partial charge in [0.1, 0.15) is 0 Å². The van der Waals surface area contributed by atoms with Crippen LogP contribution in [-0.4, -0.2) is 24.8 Å². The molecule has 0 aromatic rings. The first kappa shape index (κ1) is 7.03. The number of rotatable bonds is 0. The standard InChI is InChI=1S/C7H15NO/c1-6-4-8-5-7(2,3)9-6/h6,8H,4-5H2,1-3H3/t6-/m0/s1. The lowest BCUT2D eigenvalue weighted by molar-refractivity contribution is -0.0853. The maximum atomic E-state index is 5.61. The highest BCUT2D eigenvalue weighted by Gasteiger charge is 2.25. The number of hydrogen-bond donors (Lipinski definition) is 1. The molecule has 1 fully saturated rings. The van der Waals surface area contributed by atoms with Gasteiger partial charge in [-0.3, -0.25) is 0 Å². The molecule has 1 aliphatic rings. The predicted octanol–water partition coefficient (Wildman–Crippen LogP) is 0.773. The fraction of sp³-hybridized carbons (Fsp3) is 1.00. The van der Waals surface area contributed by atoms with E-state index in [-0.39, 0.29) is 5.60 Å². The monoisotopic (exact) mass is 129 g/mol. The van der Waals surface area contributed by atoms with E-state index in [9.17, 15) is 0 Å². The van der Waals surface area contributed by atoms with E-state index >= 15 is 0 Å². The van der Waals surface area contributed by atoms with Crippen molar-refractivity contribution in [2.24, 2.45) is 0 Å². The van der Waals surface area contributed by atoms with Crippen LogP contribution in [-0.2, 0) is 4.74 Å². The van der Waals surface area contributed by atoms with Crippen LogP contribution in [0, 0.1) is 0 Å². The van der Waals surface area contributed by atoms with Gasteiger partial charge in [-0.25, -0.2) is 0 Å². The Morgan fingerprint density at radius 1 is 1.56 bits per heavy atom. The molecule has 1 aliphatic heterocycles. The second kappa shape index (κ2) is 2.27. The lowest BCUT2D eigenvalue weighted by Gasteiger charge is -2.34. The van der Waals surface area contributed by atoms with Gasteiger partial charge in [-0.1, -0.05) is 0 Å². The predicted molar refractivity (Wildman–Crippen MR) is 37.5 cm³/mol. The maximum Gasteiger partial charge on any atom is 0.0754 e. The van der Waals surface area contributed by atoms with E-state index in [1.165, 1.54) is 0 Å². The van der Waals surface area contributed by atoms with Crippen LogP contribution in [0.5, 0.6) is 0 Å².